The van der Waals surface area contributed by atoms with Crippen LogP contribution in [0.1, 0.15) is 11.7 Å². The fraction of sp³-hybridized carbons (Fsp3) is 0.222. The van der Waals surface area contributed by atoms with Gasteiger partial charge in [-0.05, 0) is 12.1 Å². The summed E-state index contributed by atoms with van der Waals surface area (Å²) in [6.45, 7) is -3.22. The first kappa shape index (κ1) is 14.0. The van der Waals surface area contributed by atoms with Gasteiger partial charge in [-0.2, -0.15) is 8.78 Å². The van der Waals surface area contributed by atoms with Crippen LogP contribution in [0.5, 0.6) is 5.75 Å². The third kappa shape index (κ3) is 3.18. The Balaban J connectivity index is 3.34. The van der Waals surface area contributed by atoms with Gasteiger partial charge in [0.1, 0.15) is 0 Å². The molecule has 0 fully saturated rings. The second kappa shape index (κ2) is 5.48. The summed E-state index contributed by atoms with van der Waals surface area (Å²) in [6, 6.07) is 2.32. The number of aliphatic hydroxyl groups is 1. The van der Waals surface area contributed by atoms with E-state index in [1.807, 2.05) is 0 Å². The SMILES string of the molecule is O=C(O)C(O)c1c(Cl)ccc(Cl)c1OC(F)F. The maximum absolute atomic E-state index is 12.1. The number of carboxylic acid groups (broad SMARTS) is 1. The molecule has 0 aromatic heterocycles. The molecule has 1 aromatic rings. The molecule has 17 heavy (non-hydrogen) atoms. The van der Waals surface area contributed by atoms with E-state index in [-0.39, 0.29) is 10.0 Å². The predicted molar refractivity (Wildman–Crippen MR) is 55.7 cm³/mol. The van der Waals surface area contributed by atoms with E-state index < -0.39 is 30.0 Å². The molecule has 1 aromatic carbocycles. The van der Waals surface area contributed by atoms with Crippen molar-refractivity contribution in [1.29, 1.82) is 0 Å². The van der Waals surface area contributed by atoms with E-state index >= 15 is 0 Å². The molecule has 0 spiro atoms. The van der Waals surface area contributed by atoms with Crippen molar-refractivity contribution >= 4 is 29.2 Å². The highest BCUT2D eigenvalue weighted by Crippen LogP contribution is 2.39. The average molecular weight is 287 g/mol. The Labute approximate surface area is 104 Å². The number of rotatable bonds is 4. The monoisotopic (exact) mass is 286 g/mol. The highest BCUT2D eigenvalue weighted by Gasteiger charge is 2.27. The van der Waals surface area contributed by atoms with Crippen LogP contribution in [0.3, 0.4) is 0 Å². The Kier molecular flexibility index (Phi) is 4.50. The van der Waals surface area contributed by atoms with E-state index in [4.69, 9.17) is 28.3 Å². The van der Waals surface area contributed by atoms with Gasteiger partial charge in [-0.1, -0.05) is 23.2 Å². The molecule has 94 valence electrons. The van der Waals surface area contributed by atoms with Crippen LogP contribution >= 0.6 is 23.2 Å². The molecular formula is C9H6Cl2F2O4. The Bertz CT molecular complexity index is 439. The number of carbonyl (C=O) groups is 1. The molecule has 2 N–H and O–H groups in total. The average Bonchev–Trinajstić information content (AvgIpc) is 2.22. The summed E-state index contributed by atoms with van der Waals surface area (Å²) in [5.74, 6) is -2.31. The largest absolute Gasteiger partial charge is 0.479 e. The minimum Gasteiger partial charge on any atom is -0.479 e. The maximum Gasteiger partial charge on any atom is 0.387 e. The van der Waals surface area contributed by atoms with E-state index in [0.29, 0.717) is 0 Å². The first-order chi connectivity index (χ1) is 7.84. The second-order valence-corrected chi connectivity index (χ2v) is 3.71. The van der Waals surface area contributed by atoms with Crippen molar-refractivity contribution in [1.82, 2.24) is 0 Å². The summed E-state index contributed by atoms with van der Waals surface area (Å²) in [4.78, 5) is 10.6. The summed E-state index contributed by atoms with van der Waals surface area (Å²) in [7, 11) is 0. The predicted octanol–water partition coefficient (Wildman–Crippen LogP) is 2.71. The van der Waals surface area contributed by atoms with Crippen LogP contribution < -0.4 is 4.74 Å². The zero-order valence-corrected chi connectivity index (χ0v) is 9.54. The Morgan fingerprint density at radius 2 is 1.82 bits per heavy atom. The van der Waals surface area contributed by atoms with Gasteiger partial charge in [0, 0.05) is 0 Å². The lowest BCUT2D eigenvalue weighted by atomic mass is 10.1. The minimum atomic E-state index is -3.22. The molecular weight excluding hydrogens is 281 g/mol. The topological polar surface area (TPSA) is 66.8 Å². The van der Waals surface area contributed by atoms with Crippen LogP contribution in [0.2, 0.25) is 10.0 Å². The first-order valence-corrected chi connectivity index (χ1v) is 4.93. The lowest BCUT2D eigenvalue weighted by Gasteiger charge is -2.15. The molecule has 0 saturated heterocycles. The lowest BCUT2D eigenvalue weighted by molar-refractivity contribution is -0.147. The molecule has 0 heterocycles. The zero-order valence-electron chi connectivity index (χ0n) is 8.03. The highest BCUT2D eigenvalue weighted by atomic mass is 35.5. The number of halogens is 4. The number of aliphatic carboxylic acids is 1. The van der Waals surface area contributed by atoms with Gasteiger partial charge in [0.25, 0.3) is 0 Å². The van der Waals surface area contributed by atoms with E-state index in [1.165, 1.54) is 6.07 Å². The van der Waals surface area contributed by atoms with Crippen LogP contribution in [0.4, 0.5) is 8.78 Å². The van der Waals surface area contributed by atoms with Gasteiger partial charge in [-0.3, -0.25) is 0 Å². The second-order valence-electron chi connectivity index (χ2n) is 2.89. The maximum atomic E-state index is 12.1. The summed E-state index contributed by atoms with van der Waals surface area (Å²) in [6.07, 6.45) is -2.10. The summed E-state index contributed by atoms with van der Waals surface area (Å²) in [5, 5.41) is 17.4. The molecule has 0 saturated carbocycles. The smallest absolute Gasteiger partial charge is 0.387 e. The van der Waals surface area contributed by atoms with Gasteiger partial charge in [-0.15, -0.1) is 0 Å². The van der Waals surface area contributed by atoms with Crippen LogP contribution in [0, 0.1) is 0 Å². The van der Waals surface area contributed by atoms with E-state index in [9.17, 15) is 18.7 Å². The van der Waals surface area contributed by atoms with Crippen LogP contribution in [-0.2, 0) is 4.79 Å². The van der Waals surface area contributed by atoms with Crippen molar-refractivity contribution in [3.63, 3.8) is 0 Å². The van der Waals surface area contributed by atoms with Crippen molar-refractivity contribution in [2.45, 2.75) is 12.7 Å². The van der Waals surface area contributed by atoms with Crippen molar-refractivity contribution in [3.8, 4) is 5.75 Å². The Hall–Kier alpha value is -1.11. The number of carboxylic acids is 1. The highest BCUT2D eigenvalue weighted by molar-refractivity contribution is 6.35. The molecule has 1 atom stereocenters. The van der Waals surface area contributed by atoms with E-state index in [0.717, 1.165) is 6.07 Å². The number of hydrogen-bond donors (Lipinski definition) is 2. The minimum absolute atomic E-state index is 0.236. The van der Waals surface area contributed by atoms with Crippen LogP contribution in [-0.4, -0.2) is 22.8 Å². The molecule has 0 aliphatic heterocycles. The molecule has 1 unspecified atom stereocenters. The molecule has 1 rings (SSSR count). The molecule has 0 radical (unpaired) electrons. The third-order valence-electron chi connectivity index (χ3n) is 1.81. The zero-order chi connectivity index (χ0) is 13.2. The lowest BCUT2D eigenvalue weighted by Crippen LogP contribution is -2.14. The fourth-order valence-corrected chi connectivity index (χ4v) is 1.60. The molecule has 0 aliphatic rings. The van der Waals surface area contributed by atoms with Gasteiger partial charge >= 0.3 is 12.6 Å². The van der Waals surface area contributed by atoms with Crippen molar-refractivity contribution < 1.29 is 28.5 Å². The molecule has 0 bridgehead atoms. The third-order valence-corrected chi connectivity index (χ3v) is 2.44. The van der Waals surface area contributed by atoms with Crippen LogP contribution in [0.25, 0.3) is 0 Å². The van der Waals surface area contributed by atoms with E-state index in [1.54, 1.807) is 0 Å². The number of alkyl halides is 2. The standard InChI is InChI=1S/C9H6Cl2F2O4/c10-3-1-2-4(11)7(17-9(12)13)5(3)6(14)8(15)16/h1-2,6,9,14H,(H,15,16). The normalized spacial score (nSPS) is 12.6. The van der Waals surface area contributed by atoms with Gasteiger partial charge < -0.3 is 14.9 Å². The van der Waals surface area contributed by atoms with Crippen molar-refractivity contribution in [3.05, 3.63) is 27.7 Å². The fourth-order valence-electron chi connectivity index (χ4n) is 1.14. The molecule has 0 aliphatic carbocycles. The molecule has 0 amide bonds. The van der Waals surface area contributed by atoms with Gasteiger partial charge in [-0.25, -0.2) is 4.79 Å². The summed E-state index contributed by atoms with van der Waals surface area (Å²) in [5.41, 5.74) is -0.507. The molecule has 4 nitrogen and oxygen atoms in total. The number of hydrogen-bond acceptors (Lipinski definition) is 3. The first-order valence-electron chi connectivity index (χ1n) is 4.18. The Morgan fingerprint density at radius 3 is 2.29 bits per heavy atom. The summed E-state index contributed by atoms with van der Waals surface area (Å²) < 4.78 is 28.3. The van der Waals surface area contributed by atoms with Gasteiger partial charge in [0.15, 0.2) is 11.9 Å². The van der Waals surface area contributed by atoms with Crippen LogP contribution in [0.15, 0.2) is 12.1 Å². The van der Waals surface area contributed by atoms with E-state index in [2.05, 4.69) is 4.74 Å². The van der Waals surface area contributed by atoms with Crippen molar-refractivity contribution in [2.24, 2.45) is 0 Å². The number of ether oxygens (including phenoxy) is 1. The Morgan fingerprint density at radius 1 is 1.29 bits per heavy atom. The molecule has 8 heteroatoms. The summed E-state index contributed by atoms with van der Waals surface area (Å²) >= 11 is 11.2. The van der Waals surface area contributed by atoms with Gasteiger partial charge in [0.05, 0.1) is 15.6 Å². The number of aliphatic hydroxyl groups excluding tert-OH is 1. The van der Waals surface area contributed by atoms with Gasteiger partial charge in [0.2, 0.25) is 0 Å². The quantitative estimate of drug-likeness (QED) is 0.893. The van der Waals surface area contributed by atoms with Crippen molar-refractivity contribution in [2.75, 3.05) is 0 Å². The number of benzene rings is 1.